The Morgan fingerprint density at radius 1 is 1.29 bits per heavy atom. The largest absolute Gasteiger partial charge is 0.392 e. The summed E-state index contributed by atoms with van der Waals surface area (Å²) in [5.41, 5.74) is 5.35. The topological polar surface area (TPSA) is 58.8 Å². The second-order valence-corrected chi connectivity index (χ2v) is 7.24. The van der Waals surface area contributed by atoms with Gasteiger partial charge in [0.25, 0.3) is 0 Å². The summed E-state index contributed by atoms with van der Waals surface area (Å²) in [4.78, 5) is 17.7. The zero-order chi connectivity index (χ0) is 15.0. The molecule has 1 atom stereocenters. The molecular weight excluding hydrogens is 286 g/mol. The summed E-state index contributed by atoms with van der Waals surface area (Å²) in [5.74, 6) is 0.719. The number of likely N-dealkylation sites (tertiary alicyclic amines) is 1. The molecule has 0 aromatic carbocycles. The first-order chi connectivity index (χ1) is 10.0. The number of hydrogen-bond acceptors (Lipinski definition) is 4. The Bertz CT molecular complexity index is 431. The van der Waals surface area contributed by atoms with Gasteiger partial charge in [-0.25, -0.2) is 0 Å². The molecule has 0 aromatic rings. The zero-order valence-electron chi connectivity index (χ0n) is 12.7. The molecule has 0 spiro atoms. The van der Waals surface area contributed by atoms with E-state index in [2.05, 4.69) is 11.8 Å². The van der Waals surface area contributed by atoms with Crippen LogP contribution < -0.4 is 5.73 Å². The minimum Gasteiger partial charge on any atom is -0.392 e. The SMILES string of the molecule is CC1CC(C(=O)N2CCC(N3CCOCC3)C2)(C(N)=S)C1. The molecule has 2 aliphatic heterocycles. The van der Waals surface area contributed by atoms with Crippen LogP contribution in [0.3, 0.4) is 0 Å². The van der Waals surface area contributed by atoms with Crippen molar-refractivity contribution in [3.8, 4) is 0 Å². The van der Waals surface area contributed by atoms with Crippen molar-refractivity contribution < 1.29 is 9.53 Å². The van der Waals surface area contributed by atoms with Gasteiger partial charge in [0, 0.05) is 32.2 Å². The van der Waals surface area contributed by atoms with Crippen LogP contribution in [0.1, 0.15) is 26.2 Å². The molecule has 21 heavy (non-hydrogen) atoms. The highest BCUT2D eigenvalue weighted by Gasteiger charge is 2.53. The first-order valence-corrected chi connectivity index (χ1v) is 8.35. The van der Waals surface area contributed by atoms with Gasteiger partial charge in [0.05, 0.1) is 23.6 Å². The normalized spacial score (nSPS) is 37.3. The number of hydrogen-bond donors (Lipinski definition) is 1. The highest BCUT2D eigenvalue weighted by molar-refractivity contribution is 7.80. The van der Waals surface area contributed by atoms with Crippen molar-refractivity contribution in [2.24, 2.45) is 17.1 Å². The number of ether oxygens (including phenoxy) is 1. The lowest BCUT2D eigenvalue weighted by atomic mass is 9.61. The maximum absolute atomic E-state index is 12.9. The van der Waals surface area contributed by atoms with Crippen LogP contribution in [0, 0.1) is 11.3 Å². The van der Waals surface area contributed by atoms with Crippen LogP contribution in [0.2, 0.25) is 0 Å². The summed E-state index contributed by atoms with van der Waals surface area (Å²) in [6.07, 6.45) is 2.69. The van der Waals surface area contributed by atoms with E-state index in [0.717, 1.165) is 58.7 Å². The molecule has 5 nitrogen and oxygen atoms in total. The van der Waals surface area contributed by atoms with Gasteiger partial charge >= 0.3 is 0 Å². The molecule has 118 valence electrons. The molecule has 1 aliphatic carbocycles. The van der Waals surface area contributed by atoms with Crippen molar-refractivity contribution in [1.82, 2.24) is 9.80 Å². The fraction of sp³-hybridized carbons (Fsp3) is 0.867. The van der Waals surface area contributed by atoms with Crippen LogP contribution in [0.4, 0.5) is 0 Å². The van der Waals surface area contributed by atoms with Gasteiger partial charge in [-0.15, -0.1) is 0 Å². The third kappa shape index (κ3) is 2.69. The number of rotatable bonds is 3. The number of thiocarbonyl (C=S) groups is 1. The lowest BCUT2D eigenvalue weighted by Gasteiger charge is -2.46. The third-order valence-electron chi connectivity index (χ3n) is 5.29. The van der Waals surface area contributed by atoms with E-state index in [1.807, 2.05) is 4.90 Å². The molecule has 1 unspecified atom stereocenters. The summed E-state index contributed by atoms with van der Waals surface area (Å²) in [6.45, 7) is 7.37. The average molecular weight is 311 g/mol. The molecule has 1 saturated carbocycles. The molecule has 2 N–H and O–H groups in total. The number of amides is 1. The van der Waals surface area contributed by atoms with E-state index in [4.69, 9.17) is 22.7 Å². The number of nitrogens with zero attached hydrogens (tertiary/aromatic N) is 2. The summed E-state index contributed by atoms with van der Waals surface area (Å²) >= 11 is 5.20. The van der Waals surface area contributed by atoms with Crippen LogP contribution in [0.15, 0.2) is 0 Å². The molecule has 1 amide bonds. The number of nitrogens with two attached hydrogens (primary N) is 1. The summed E-state index contributed by atoms with van der Waals surface area (Å²) in [6, 6.07) is 0.471. The fourth-order valence-electron chi connectivity index (χ4n) is 4.08. The van der Waals surface area contributed by atoms with E-state index < -0.39 is 5.41 Å². The van der Waals surface area contributed by atoms with Gasteiger partial charge in [0.15, 0.2) is 0 Å². The molecule has 3 rings (SSSR count). The zero-order valence-corrected chi connectivity index (χ0v) is 13.5. The Balaban J connectivity index is 1.62. The summed E-state index contributed by atoms with van der Waals surface area (Å²) in [7, 11) is 0. The van der Waals surface area contributed by atoms with Crippen LogP contribution in [-0.4, -0.2) is 66.1 Å². The molecule has 0 radical (unpaired) electrons. The van der Waals surface area contributed by atoms with Crippen molar-refractivity contribution in [1.29, 1.82) is 0 Å². The van der Waals surface area contributed by atoms with E-state index >= 15 is 0 Å². The lowest BCUT2D eigenvalue weighted by molar-refractivity contribution is -0.143. The third-order valence-corrected chi connectivity index (χ3v) is 5.68. The van der Waals surface area contributed by atoms with E-state index in [0.29, 0.717) is 16.9 Å². The highest BCUT2D eigenvalue weighted by Crippen LogP contribution is 2.47. The lowest BCUT2D eigenvalue weighted by Crippen LogP contribution is -2.57. The Hall–Kier alpha value is -0.720. The quantitative estimate of drug-likeness (QED) is 0.775. The molecule has 0 aromatic heterocycles. The van der Waals surface area contributed by atoms with Crippen LogP contribution in [0.25, 0.3) is 0 Å². The second kappa shape index (κ2) is 5.82. The maximum Gasteiger partial charge on any atom is 0.235 e. The minimum absolute atomic E-state index is 0.170. The van der Waals surface area contributed by atoms with E-state index in [9.17, 15) is 4.79 Å². The van der Waals surface area contributed by atoms with Crippen LogP contribution >= 0.6 is 12.2 Å². The monoisotopic (exact) mass is 311 g/mol. The van der Waals surface area contributed by atoms with Crippen molar-refractivity contribution in [3.63, 3.8) is 0 Å². The van der Waals surface area contributed by atoms with Gasteiger partial charge in [-0.1, -0.05) is 19.1 Å². The standard InChI is InChI=1S/C15H25N3O2S/c1-11-8-15(9-11,13(16)21)14(19)18-3-2-12(10-18)17-4-6-20-7-5-17/h11-12H,2-10H2,1H3,(H2,16,21). The van der Waals surface area contributed by atoms with Gasteiger partial charge < -0.3 is 15.4 Å². The van der Waals surface area contributed by atoms with Crippen molar-refractivity contribution in [3.05, 3.63) is 0 Å². The van der Waals surface area contributed by atoms with E-state index in [1.54, 1.807) is 0 Å². The van der Waals surface area contributed by atoms with Crippen molar-refractivity contribution in [2.75, 3.05) is 39.4 Å². The molecule has 2 heterocycles. The predicted molar refractivity (Wildman–Crippen MR) is 85.0 cm³/mol. The Kier molecular flexibility index (Phi) is 4.21. The highest BCUT2D eigenvalue weighted by atomic mass is 32.1. The fourth-order valence-corrected chi connectivity index (χ4v) is 4.33. The molecule has 3 aliphatic rings. The smallest absolute Gasteiger partial charge is 0.235 e. The van der Waals surface area contributed by atoms with E-state index in [-0.39, 0.29) is 5.91 Å². The minimum atomic E-state index is -0.547. The number of morpholine rings is 1. The van der Waals surface area contributed by atoms with E-state index in [1.165, 1.54) is 0 Å². The molecular formula is C15H25N3O2S. The predicted octanol–water partition coefficient (Wildman–Crippen LogP) is 0.622. The summed E-state index contributed by atoms with van der Waals surface area (Å²) < 4.78 is 5.40. The molecule has 3 fully saturated rings. The maximum atomic E-state index is 12.9. The number of carbonyl (C=O) groups excluding carboxylic acids is 1. The average Bonchev–Trinajstić information content (AvgIpc) is 2.93. The van der Waals surface area contributed by atoms with Crippen molar-refractivity contribution in [2.45, 2.75) is 32.2 Å². The first kappa shape index (κ1) is 15.2. The van der Waals surface area contributed by atoms with Gasteiger partial charge in [-0.05, 0) is 25.2 Å². The van der Waals surface area contributed by atoms with Gasteiger partial charge in [0.1, 0.15) is 0 Å². The van der Waals surface area contributed by atoms with Gasteiger partial charge in [-0.3, -0.25) is 9.69 Å². The Morgan fingerprint density at radius 3 is 2.52 bits per heavy atom. The Morgan fingerprint density at radius 2 is 1.95 bits per heavy atom. The van der Waals surface area contributed by atoms with Crippen LogP contribution in [0.5, 0.6) is 0 Å². The summed E-state index contributed by atoms with van der Waals surface area (Å²) in [5, 5.41) is 0. The number of carbonyl (C=O) groups is 1. The first-order valence-electron chi connectivity index (χ1n) is 7.94. The molecule has 2 saturated heterocycles. The molecule has 0 bridgehead atoms. The second-order valence-electron chi connectivity index (χ2n) is 6.80. The van der Waals surface area contributed by atoms with Crippen LogP contribution in [-0.2, 0) is 9.53 Å². The molecule has 6 heteroatoms. The van der Waals surface area contributed by atoms with Crippen molar-refractivity contribution >= 4 is 23.1 Å². The van der Waals surface area contributed by atoms with Gasteiger partial charge in [-0.2, -0.15) is 0 Å². The van der Waals surface area contributed by atoms with Gasteiger partial charge in [0.2, 0.25) is 5.91 Å². The Labute approximate surface area is 131 Å².